The second-order valence-corrected chi connectivity index (χ2v) is 5.67. The lowest BCUT2D eigenvalue weighted by molar-refractivity contribution is 0.335. The molecule has 0 radical (unpaired) electrons. The minimum Gasteiger partial charge on any atom is -0.444 e. The first-order chi connectivity index (χ1) is 7.77. The maximum Gasteiger partial charge on any atom is 0.0257 e. The van der Waals surface area contributed by atoms with E-state index in [1.807, 2.05) is 0 Å². The van der Waals surface area contributed by atoms with E-state index in [9.17, 15) is 4.21 Å². The zero-order valence-electron chi connectivity index (χ0n) is 10.4. The molecule has 16 heavy (non-hydrogen) atoms. The van der Waals surface area contributed by atoms with Crippen molar-refractivity contribution in [2.75, 3.05) is 6.61 Å². The molecule has 0 saturated heterocycles. The number of hydrogen-bond acceptors (Lipinski definition) is 4. The van der Waals surface area contributed by atoms with Crippen LogP contribution in [-0.2, 0) is 29.2 Å². The van der Waals surface area contributed by atoms with Gasteiger partial charge in [-0.2, -0.15) is 0 Å². The van der Waals surface area contributed by atoms with Gasteiger partial charge in [0, 0.05) is 6.61 Å². The molecule has 0 aromatic rings. The van der Waals surface area contributed by atoms with Gasteiger partial charge in [-0.3, -0.25) is 0 Å². The first kappa shape index (κ1) is 16.3. The molecule has 4 heteroatoms. The van der Waals surface area contributed by atoms with Gasteiger partial charge in [-0.25, -0.2) is 11.2 Å². The highest BCUT2D eigenvalue weighted by Crippen LogP contribution is 2.10. The fourth-order valence-electron chi connectivity index (χ4n) is 1.72. The molecule has 0 heterocycles. The summed E-state index contributed by atoms with van der Waals surface area (Å²) < 4.78 is 15.2. The third-order valence-electron chi connectivity index (χ3n) is 2.68. The summed E-state index contributed by atoms with van der Waals surface area (Å²) in [5, 5.41) is 0. The fourth-order valence-corrected chi connectivity index (χ4v) is 2.17. The second-order valence-electron chi connectivity index (χ2n) is 4.21. The summed E-state index contributed by atoms with van der Waals surface area (Å²) in [5.74, 6) is 0. The molecular formula is C12H25O2S2-. The second kappa shape index (κ2) is 13.4. The zero-order chi connectivity index (χ0) is 12.1. The predicted molar refractivity (Wildman–Crippen MR) is 73.2 cm³/mol. The summed E-state index contributed by atoms with van der Waals surface area (Å²) in [7, 11) is -1.50. The molecule has 0 aliphatic carbocycles. The van der Waals surface area contributed by atoms with Crippen LogP contribution in [0.4, 0.5) is 0 Å². The summed E-state index contributed by atoms with van der Waals surface area (Å²) in [6.45, 7) is 2.80. The Bertz CT molecular complexity index is 195. The van der Waals surface area contributed by atoms with Gasteiger partial charge in [-0.1, -0.05) is 74.4 Å². The highest BCUT2D eigenvalue weighted by Gasteiger charge is 1.91. The maximum absolute atomic E-state index is 10.4. The van der Waals surface area contributed by atoms with E-state index in [-0.39, 0.29) is 0 Å². The van der Waals surface area contributed by atoms with Crippen molar-refractivity contribution in [1.29, 1.82) is 0 Å². The summed E-state index contributed by atoms with van der Waals surface area (Å²) >= 11 is 4.40. The summed E-state index contributed by atoms with van der Waals surface area (Å²) in [6.07, 6.45) is 13.0. The van der Waals surface area contributed by atoms with Crippen molar-refractivity contribution >= 4 is 20.8 Å². The lowest BCUT2D eigenvalue weighted by Gasteiger charge is -2.04. The van der Waals surface area contributed by atoms with Crippen LogP contribution in [0.2, 0.25) is 0 Å². The monoisotopic (exact) mass is 265 g/mol. The smallest absolute Gasteiger partial charge is 0.0257 e. The van der Waals surface area contributed by atoms with Crippen LogP contribution in [-0.4, -0.2) is 6.61 Å². The van der Waals surface area contributed by atoms with Gasteiger partial charge in [0.15, 0.2) is 0 Å². The lowest BCUT2D eigenvalue weighted by atomic mass is 10.1. The molecule has 0 aromatic carbocycles. The van der Waals surface area contributed by atoms with Crippen LogP contribution in [0.25, 0.3) is 0 Å². The molecule has 0 saturated carbocycles. The Labute approximate surface area is 107 Å². The molecular weight excluding hydrogens is 240 g/mol. The van der Waals surface area contributed by atoms with Crippen LogP contribution in [0, 0.1) is 0 Å². The third kappa shape index (κ3) is 14.3. The summed E-state index contributed by atoms with van der Waals surface area (Å²) in [6, 6.07) is 0. The van der Waals surface area contributed by atoms with Crippen molar-refractivity contribution < 1.29 is 8.39 Å². The molecule has 0 spiro atoms. The van der Waals surface area contributed by atoms with E-state index in [0.717, 1.165) is 6.42 Å². The van der Waals surface area contributed by atoms with Gasteiger partial charge in [0.05, 0.1) is 0 Å². The molecule has 0 unspecified atom stereocenters. The Balaban J connectivity index is 2.93. The third-order valence-corrected chi connectivity index (χ3v) is 3.33. The molecule has 0 rings (SSSR count). The van der Waals surface area contributed by atoms with Gasteiger partial charge < -0.3 is 8.39 Å². The SMILES string of the molecule is CCCCCCCCCCCCO[S-](=O)=S. The highest BCUT2D eigenvalue weighted by molar-refractivity contribution is 8.19. The average Bonchev–Trinajstić information content (AvgIpc) is 2.25. The molecule has 0 fully saturated rings. The first-order valence-electron chi connectivity index (χ1n) is 6.50. The van der Waals surface area contributed by atoms with Crippen LogP contribution < -0.4 is 0 Å². The molecule has 0 atom stereocenters. The van der Waals surface area contributed by atoms with Crippen LogP contribution in [0.3, 0.4) is 0 Å². The number of hydrogen-bond donors (Lipinski definition) is 0. The molecule has 0 aromatic heterocycles. The molecule has 98 valence electrons. The Morgan fingerprint density at radius 1 is 0.875 bits per heavy atom. The van der Waals surface area contributed by atoms with Gasteiger partial charge in [0.1, 0.15) is 0 Å². The van der Waals surface area contributed by atoms with Crippen LogP contribution >= 0.6 is 0 Å². The number of unbranched alkanes of at least 4 members (excludes halogenated alkanes) is 9. The largest absolute Gasteiger partial charge is 0.444 e. The molecule has 0 aliphatic rings. The van der Waals surface area contributed by atoms with Gasteiger partial charge >= 0.3 is 0 Å². The Morgan fingerprint density at radius 2 is 1.31 bits per heavy atom. The first-order valence-corrected chi connectivity index (χ1v) is 8.50. The van der Waals surface area contributed by atoms with Crippen molar-refractivity contribution in [3.63, 3.8) is 0 Å². The summed E-state index contributed by atoms with van der Waals surface area (Å²) in [5.41, 5.74) is 0. The van der Waals surface area contributed by atoms with Crippen molar-refractivity contribution in [2.45, 2.75) is 71.1 Å². The summed E-state index contributed by atoms with van der Waals surface area (Å²) in [4.78, 5) is 0. The van der Waals surface area contributed by atoms with E-state index in [1.54, 1.807) is 0 Å². The minimum atomic E-state index is -1.50. The number of rotatable bonds is 12. The van der Waals surface area contributed by atoms with Gasteiger partial charge in [-0.15, -0.1) is 0 Å². The van der Waals surface area contributed by atoms with Crippen molar-refractivity contribution in [2.24, 2.45) is 0 Å². The Morgan fingerprint density at radius 3 is 1.75 bits per heavy atom. The zero-order valence-corrected chi connectivity index (χ0v) is 12.0. The van der Waals surface area contributed by atoms with Gasteiger partial charge in [-0.05, 0) is 6.42 Å². The highest BCUT2D eigenvalue weighted by atomic mass is 32.8. The van der Waals surface area contributed by atoms with Crippen molar-refractivity contribution in [3.8, 4) is 0 Å². The quantitative estimate of drug-likeness (QED) is 0.389. The minimum absolute atomic E-state index is 0.548. The Hall–Kier alpha value is 0.330. The predicted octanol–water partition coefficient (Wildman–Crippen LogP) is 4.26. The van der Waals surface area contributed by atoms with E-state index in [1.165, 1.54) is 57.8 Å². The molecule has 2 nitrogen and oxygen atoms in total. The van der Waals surface area contributed by atoms with Gasteiger partial charge in [0.25, 0.3) is 0 Å². The van der Waals surface area contributed by atoms with Gasteiger partial charge in [0.2, 0.25) is 0 Å². The van der Waals surface area contributed by atoms with Crippen molar-refractivity contribution in [3.05, 3.63) is 0 Å². The van der Waals surface area contributed by atoms with E-state index in [2.05, 4.69) is 18.1 Å². The van der Waals surface area contributed by atoms with E-state index < -0.39 is 9.64 Å². The molecule has 0 bridgehead atoms. The van der Waals surface area contributed by atoms with Crippen LogP contribution in [0.15, 0.2) is 0 Å². The van der Waals surface area contributed by atoms with E-state index >= 15 is 0 Å². The molecule has 0 amide bonds. The van der Waals surface area contributed by atoms with Crippen molar-refractivity contribution in [1.82, 2.24) is 0 Å². The molecule has 0 aliphatic heterocycles. The fraction of sp³-hybridized carbons (Fsp3) is 1.00. The van der Waals surface area contributed by atoms with E-state index in [4.69, 9.17) is 4.18 Å². The standard InChI is InChI=1S/C12H25O2S2/c1-2-3-4-5-6-7-8-9-10-11-12-14-16(13)15/h2-12H2,1H3/q-1. The maximum atomic E-state index is 10.4. The lowest BCUT2D eigenvalue weighted by Crippen LogP contribution is -1.91. The Kier molecular flexibility index (Phi) is 13.7. The topological polar surface area (TPSA) is 26.3 Å². The van der Waals surface area contributed by atoms with Crippen LogP contribution in [0.5, 0.6) is 0 Å². The molecule has 0 N–H and O–H groups in total. The normalized spacial score (nSPS) is 11.1. The van der Waals surface area contributed by atoms with Crippen LogP contribution in [0.1, 0.15) is 71.1 Å². The average molecular weight is 265 g/mol. The van der Waals surface area contributed by atoms with E-state index in [0.29, 0.717) is 6.61 Å².